The summed E-state index contributed by atoms with van der Waals surface area (Å²) in [6.45, 7) is 4.30. The number of benzene rings is 1. The second-order valence-electron chi connectivity index (χ2n) is 3.60. The van der Waals surface area contributed by atoms with E-state index in [-0.39, 0.29) is 5.54 Å². The second-order valence-corrected chi connectivity index (χ2v) is 3.60. The molecule has 1 aromatic carbocycles. The number of nitrogens with one attached hydrogen (secondary N) is 1. The van der Waals surface area contributed by atoms with E-state index >= 15 is 0 Å². The lowest BCUT2D eigenvalue weighted by Crippen LogP contribution is -2.32. The maximum Gasteiger partial charge on any atom is 0.118 e. The smallest absolute Gasteiger partial charge is 0.118 e. The monoisotopic (exact) mass is 179 g/mol. The molecule has 0 aromatic heterocycles. The van der Waals surface area contributed by atoms with Crippen LogP contribution in [0, 0.1) is 0 Å². The van der Waals surface area contributed by atoms with Crippen LogP contribution < -0.4 is 10.1 Å². The predicted octanol–water partition coefficient (Wildman–Crippen LogP) is 2.15. The van der Waals surface area contributed by atoms with Crippen molar-refractivity contribution in [2.75, 3.05) is 14.2 Å². The molecule has 0 heterocycles. The zero-order valence-corrected chi connectivity index (χ0v) is 8.72. The van der Waals surface area contributed by atoms with Gasteiger partial charge in [0.05, 0.1) is 7.11 Å². The first-order valence-corrected chi connectivity index (χ1v) is 4.43. The third-order valence-corrected chi connectivity index (χ3v) is 2.44. The average molecular weight is 179 g/mol. The Kier molecular flexibility index (Phi) is 2.94. The second kappa shape index (κ2) is 3.79. The summed E-state index contributed by atoms with van der Waals surface area (Å²) in [6.07, 6.45) is 0. The van der Waals surface area contributed by atoms with Crippen molar-refractivity contribution in [3.05, 3.63) is 29.8 Å². The van der Waals surface area contributed by atoms with Crippen LogP contribution in [0.25, 0.3) is 0 Å². The minimum Gasteiger partial charge on any atom is -0.497 e. The molecule has 1 aromatic rings. The van der Waals surface area contributed by atoms with Gasteiger partial charge in [-0.2, -0.15) is 0 Å². The van der Waals surface area contributed by atoms with Crippen molar-refractivity contribution in [2.24, 2.45) is 0 Å². The normalized spacial score (nSPS) is 11.4. The lowest BCUT2D eigenvalue weighted by Gasteiger charge is -2.24. The molecule has 0 unspecified atom stereocenters. The summed E-state index contributed by atoms with van der Waals surface area (Å²) >= 11 is 0. The van der Waals surface area contributed by atoms with Crippen molar-refractivity contribution in [3.63, 3.8) is 0 Å². The van der Waals surface area contributed by atoms with Gasteiger partial charge in [-0.15, -0.1) is 0 Å². The van der Waals surface area contributed by atoms with Crippen LogP contribution >= 0.6 is 0 Å². The largest absolute Gasteiger partial charge is 0.497 e. The first-order chi connectivity index (χ1) is 6.10. The van der Waals surface area contributed by atoms with E-state index in [1.165, 1.54) is 5.56 Å². The molecule has 0 aliphatic rings. The molecule has 72 valence electrons. The molecule has 2 heteroatoms. The van der Waals surface area contributed by atoms with Gasteiger partial charge in [-0.3, -0.25) is 0 Å². The van der Waals surface area contributed by atoms with Crippen LogP contribution in [0.2, 0.25) is 0 Å². The molecule has 0 aliphatic carbocycles. The van der Waals surface area contributed by atoms with Crippen LogP contribution in [0.3, 0.4) is 0 Å². The van der Waals surface area contributed by atoms with E-state index in [4.69, 9.17) is 4.74 Å². The topological polar surface area (TPSA) is 21.3 Å². The standard InChI is InChI=1S/C11H17NO/c1-11(2,12-3)9-5-7-10(13-4)8-6-9/h5-8,12H,1-4H3. The molecule has 0 saturated carbocycles. The molecule has 1 N–H and O–H groups in total. The maximum absolute atomic E-state index is 5.10. The first kappa shape index (κ1) is 10.1. The third kappa shape index (κ3) is 2.22. The van der Waals surface area contributed by atoms with Crippen molar-refractivity contribution in [1.82, 2.24) is 5.32 Å². The summed E-state index contributed by atoms with van der Waals surface area (Å²) in [7, 11) is 3.64. The molecule has 0 saturated heterocycles. The molecule has 0 atom stereocenters. The van der Waals surface area contributed by atoms with Gasteiger partial charge in [0.15, 0.2) is 0 Å². The van der Waals surface area contributed by atoms with Crippen LogP contribution in [-0.2, 0) is 5.54 Å². The number of ether oxygens (including phenoxy) is 1. The van der Waals surface area contributed by atoms with Gasteiger partial charge in [0.25, 0.3) is 0 Å². The SMILES string of the molecule is CNC(C)(C)c1ccc(OC)cc1. The lowest BCUT2D eigenvalue weighted by molar-refractivity contribution is 0.412. The van der Waals surface area contributed by atoms with Gasteiger partial charge in [0.1, 0.15) is 5.75 Å². The van der Waals surface area contributed by atoms with E-state index in [9.17, 15) is 0 Å². The fourth-order valence-corrected chi connectivity index (χ4v) is 1.15. The number of methoxy groups -OCH3 is 1. The molecule has 0 spiro atoms. The molecule has 0 aliphatic heterocycles. The summed E-state index contributed by atoms with van der Waals surface area (Å²) in [5.74, 6) is 0.899. The highest BCUT2D eigenvalue weighted by atomic mass is 16.5. The van der Waals surface area contributed by atoms with E-state index in [2.05, 4.69) is 31.3 Å². The fourth-order valence-electron chi connectivity index (χ4n) is 1.15. The Balaban J connectivity index is 2.92. The van der Waals surface area contributed by atoms with E-state index in [1.807, 2.05) is 19.2 Å². The minimum absolute atomic E-state index is 0.0201. The fraction of sp³-hybridized carbons (Fsp3) is 0.455. The van der Waals surface area contributed by atoms with Gasteiger partial charge in [-0.1, -0.05) is 12.1 Å². The average Bonchev–Trinajstić information content (AvgIpc) is 2.18. The van der Waals surface area contributed by atoms with Crippen molar-refractivity contribution in [2.45, 2.75) is 19.4 Å². The Bertz CT molecular complexity index is 264. The lowest BCUT2D eigenvalue weighted by atomic mass is 9.95. The summed E-state index contributed by atoms with van der Waals surface area (Å²) in [6, 6.07) is 8.12. The number of hydrogen-bond donors (Lipinski definition) is 1. The van der Waals surface area contributed by atoms with Crippen LogP contribution in [0.1, 0.15) is 19.4 Å². The molecule has 0 amide bonds. The van der Waals surface area contributed by atoms with Crippen molar-refractivity contribution >= 4 is 0 Å². The van der Waals surface area contributed by atoms with Crippen molar-refractivity contribution in [3.8, 4) is 5.75 Å². The Hall–Kier alpha value is -1.02. The van der Waals surface area contributed by atoms with Crippen LogP contribution in [0.4, 0.5) is 0 Å². The van der Waals surface area contributed by atoms with Gasteiger partial charge in [0.2, 0.25) is 0 Å². The summed E-state index contributed by atoms with van der Waals surface area (Å²) < 4.78 is 5.10. The maximum atomic E-state index is 5.10. The third-order valence-electron chi connectivity index (χ3n) is 2.44. The molecule has 2 nitrogen and oxygen atoms in total. The summed E-state index contributed by atoms with van der Waals surface area (Å²) in [5, 5.41) is 3.25. The summed E-state index contributed by atoms with van der Waals surface area (Å²) in [5.41, 5.74) is 1.28. The zero-order valence-electron chi connectivity index (χ0n) is 8.72. The van der Waals surface area contributed by atoms with Gasteiger partial charge in [-0.25, -0.2) is 0 Å². The molecule has 0 bridgehead atoms. The molecule has 1 rings (SSSR count). The van der Waals surface area contributed by atoms with Crippen molar-refractivity contribution in [1.29, 1.82) is 0 Å². The Morgan fingerprint density at radius 2 is 1.69 bits per heavy atom. The van der Waals surface area contributed by atoms with Gasteiger partial charge in [0, 0.05) is 5.54 Å². The summed E-state index contributed by atoms with van der Waals surface area (Å²) in [4.78, 5) is 0. The Morgan fingerprint density at radius 1 is 1.15 bits per heavy atom. The molecule has 13 heavy (non-hydrogen) atoms. The number of hydrogen-bond acceptors (Lipinski definition) is 2. The Labute approximate surface area is 79.9 Å². The van der Waals surface area contributed by atoms with Crippen molar-refractivity contribution < 1.29 is 4.74 Å². The van der Waals surface area contributed by atoms with E-state index in [1.54, 1.807) is 7.11 Å². The highest BCUT2D eigenvalue weighted by Gasteiger charge is 2.16. The molecular formula is C11H17NO. The quantitative estimate of drug-likeness (QED) is 0.767. The van der Waals surface area contributed by atoms with E-state index in [0.29, 0.717) is 0 Å². The van der Waals surface area contributed by atoms with Crippen LogP contribution in [0.15, 0.2) is 24.3 Å². The van der Waals surface area contributed by atoms with Crippen LogP contribution in [0.5, 0.6) is 5.75 Å². The highest BCUT2D eigenvalue weighted by molar-refractivity contribution is 5.30. The van der Waals surface area contributed by atoms with Gasteiger partial charge >= 0.3 is 0 Å². The first-order valence-electron chi connectivity index (χ1n) is 4.43. The van der Waals surface area contributed by atoms with Gasteiger partial charge < -0.3 is 10.1 Å². The van der Waals surface area contributed by atoms with Gasteiger partial charge in [-0.05, 0) is 38.6 Å². The van der Waals surface area contributed by atoms with E-state index < -0.39 is 0 Å². The van der Waals surface area contributed by atoms with Crippen LogP contribution in [-0.4, -0.2) is 14.2 Å². The zero-order chi connectivity index (χ0) is 9.90. The van der Waals surface area contributed by atoms with E-state index in [0.717, 1.165) is 5.75 Å². The number of rotatable bonds is 3. The molecule has 0 radical (unpaired) electrons. The molecular weight excluding hydrogens is 162 g/mol. The highest BCUT2D eigenvalue weighted by Crippen LogP contribution is 2.21. The minimum atomic E-state index is 0.0201. The molecule has 0 fully saturated rings. The Morgan fingerprint density at radius 3 is 2.08 bits per heavy atom. The predicted molar refractivity (Wildman–Crippen MR) is 55.1 cm³/mol.